The zero-order valence-electron chi connectivity index (χ0n) is 13.7. The van der Waals surface area contributed by atoms with Crippen LogP contribution in [0.4, 0.5) is 5.00 Å². The predicted octanol–water partition coefficient (Wildman–Crippen LogP) is 3.84. The molecule has 4 aliphatic carbocycles. The van der Waals surface area contributed by atoms with E-state index in [1.54, 1.807) is 11.4 Å². The second kappa shape index (κ2) is 6.10. The summed E-state index contributed by atoms with van der Waals surface area (Å²) in [5.41, 5.74) is 0.00113. The molecule has 1 aromatic heterocycles. The molecule has 0 unspecified atom stereocenters. The van der Waals surface area contributed by atoms with Crippen LogP contribution in [0.5, 0.6) is 0 Å². The number of hydrogen-bond acceptors (Lipinski definition) is 5. The molecular formula is C18H19BrN2O3S. The number of nitriles is 1. The van der Waals surface area contributed by atoms with Crippen LogP contribution in [0.15, 0.2) is 11.4 Å². The van der Waals surface area contributed by atoms with Gasteiger partial charge in [-0.1, -0.05) is 15.9 Å². The quantitative estimate of drug-likeness (QED) is 0.590. The number of thiophene rings is 1. The fourth-order valence-electron chi connectivity index (χ4n) is 5.33. The highest BCUT2D eigenvalue weighted by Crippen LogP contribution is 2.64. The molecule has 0 aromatic carbocycles. The number of rotatable bonds is 4. The van der Waals surface area contributed by atoms with Crippen LogP contribution in [0.3, 0.4) is 0 Å². The van der Waals surface area contributed by atoms with Crippen molar-refractivity contribution in [3.63, 3.8) is 0 Å². The molecule has 2 atom stereocenters. The fraction of sp³-hybridized carbons (Fsp3) is 0.611. The minimum Gasteiger partial charge on any atom is -0.455 e. The Bertz CT molecular complexity index is 755. The summed E-state index contributed by atoms with van der Waals surface area (Å²) in [6, 6.07) is 3.67. The Morgan fingerprint density at radius 2 is 2.08 bits per heavy atom. The van der Waals surface area contributed by atoms with Gasteiger partial charge in [-0.15, -0.1) is 11.3 Å². The van der Waals surface area contributed by atoms with Crippen LogP contribution in [0.25, 0.3) is 0 Å². The molecule has 4 saturated carbocycles. The van der Waals surface area contributed by atoms with Crippen molar-refractivity contribution in [3.8, 4) is 6.07 Å². The second-order valence-electron chi connectivity index (χ2n) is 7.79. The molecule has 1 amide bonds. The van der Waals surface area contributed by atoms with Crippen LogP contribution in [0.1, 0.15) is 44.1 Å². The maximum atomic E-state index is 12.8. The predicted molar refractivity (Wildman–Crippen MR) is 97.4 cm³/mol. The van der Waals surface area contributed by atoms with E-state index in [9.17, 15) is 9.59 Å². The average molecular weight is 423 g/mol. The molecule has 4 bridgehead atoms. The Morgan fingerprint density at radius 3 is 2.72 bits per heavy atom. The first-order chi connectivity index (χ1) is 11.9. The van der Waals surface area contributed by atoms with Crippen LogP contribution >= 0.6 is 27.3 Å². The van der Waals surface area contributed by atoms with Gasteiger partial charge in [0.1, 0.15) is 11.1 Å². The van der Waals surface area contributed by atoms with Crippen molar-refractivity contribution >= 4 is 44.1 Å². The van der Waals surface area contributed by atoms with Gasteiger partial charge in [0.05, 0.1) is 11.0 Å². The summed E-state index contributed by atoms with van der Waals surface area (Å²) in [6.45, 7) is -0.298. The van der Waals surface area contributed by atoms with Gasteiger partial charge >= 0.3 is 5.97 Å². The van der Waals surface area contributed by atoms with Crippen LogP contribution in [-0.4, -0.2) is 22.8 Å². The van der Waals surface area contributed by atoms with Gasteiger partial charge in [0.2, 0.25) is 0 Å². The lowest BCUT2D eigenvalue weighted by Crippen LogP contribution is -2.56. The molecule has 0 spiro atoms. The van der Waals surface area contributed by atoms with Crippen molar-refractivity contribution in [1.82, 2.24) is 0 Å². The zero-order chi connectivity index (χ0) is 17.7. The van der Waals surface area contributed by atoms with Gasteiger partial charge < -0.3 is 10.1 Å². The molecular weight excluding hydrogens is 404 g/mol. The Kier molecular flexibility index (Phi) is 4.16. The first kappa shape index (κ1) is 17.0. The van der Waals surface area contributed by atoms with Gasteiger partial charge in [-0.2, -0.15) is 5.26 Å². The summed E-state index contributed by atoms with van der Waals surface area (Å²) in [4.78, 5) is 24.9. The smallest absolute Gasteiger partial charge is 0.312 e. The largest absolute Gasteiger partial charge is 0.455 e. The van der Waals surface area contributed by atoms with Gasteiger partial charge in [0.15, 0.2) is 6.61 Å². The maximum Gasteiger partial charge on any atom is 0.312 e. The third-order valence-electron chi connectivity index (χ3n) is 5.80. The number of ether oxygens (including phenoxy) is 1. The van der Waals surface area contributed by atoms with Crippen molar-refractivity contribution in [1.29, 1.82) is 5.26 Å². The standard InChI is InChI=1S/C18H19BrN2O3S/c19-18-6-11-3-12(7-18)5-17(4-11,10-18)16(23)24-9-14(22)21-15-13(8-20)1-2-25-15/h1-2,11-12H,3-7,9-10H2,(H,21,22)/t11-,12-,17?,18?/m1/s1. The van der Waals surface area contributed by atoms with E-state index in [0.29, 0.717) is 22.4 Å². The van der Waals surface area contributed by atoms with Gasteiger partial charge in [-0.05, 0) is 61.8 Å². The SMILES string of the molecule is N#Cc1ccsc1NC(=O)COC(=O)C12C[C@H]3C[C@@H](CC(Br)(C3)C1)C2. The number of halogens is 1. The monoisotopic (exact) mass is 422 g/mol. The number of carbonyl (C=O) groups is 2. The summed E-state index contributed by atoms with van der Waals surface area (Å²) in [7, 11) is 0. The van der Waals surface area contributed by atoms with Crippen molar-refractivity contribution in [2.24, 2.45) is 17.3 Å². The fourth-order valence-corrected chi connectivity index (χ4v) is 7.54. The van der Waals surface area contributed by atoms with E-state index in [4.69, 9.17) is 10.00 Å². The van der Waals surface area contributed by atoms with Crippen molar-refractivity contribution in [2.45, 2.75) is 42.8 Å². The van der Waals surface area contributed by atoms with E-state index in [2.05, 4.69) is 21.2 Å². The van der Waals surface area contributed by atoms with Gasteiger partial charge in [0.25, 0.3) is 5.91 Å². The molecule has 4 aliphatic rings. The summed E-state index contributed by atoms with van der Waals surface area (Å²) in [5.74, 6) is 0.551. The van der Waals surface area contributed by atoms with E-state index in [1.165, 1.54) is 17.8 Å². The van der Waals surface area contributed by atoms with Crippen molar-refractivity contribution in [3.05, 3.63) is 17.0 Å². The molecule has 132 valence electrons. The molecule has 7 heteroatoms. The molecule has 1 N–H and O–H groups in total. The summed E-state index contributed by atoms with van der Waals surface area (Å²) in [6.07, 6.45) is 6.11. The summed E-state index contributed by atoms with van der Waals surface area (Å²) in [5, 5.41) is 13.9. The lowest BCUT2D eigenvalue weighted by molar-refractivity contribution is -0.170. The third kappa shape index (κ3) is 3.11. The number of nitrogens with one attached hydrogen (secondary N) is 1. The maximum absolute atomic E-state index is 12.8. The number of amides is 1. The van der Waals surface area contributed by atoms with Gasteiger partial charge in [-0.3, -0.25) is 9.59 Å². The molecule has 0 radical (unpaired) electrons. The van der Waals surface area contributed by atoms with Crippen molar-refractivity contribution < 1.29 is 14.3 Å². The normalized spacial score (nSPS) is 35.2. The lowest BCUT2D eigenvalue weighted by atomic mass is 9.49. The number of anilines is 1. The number of esters is 1. The van der Waals surface area contributed by atoms with Crippen LogP contribution < -0.4 is 5.32 Å². The minimum atomic E-state index is -0.422. The van der Waals surface area contributed by atoms with Gasteiger partial charge in [0, 0.05) is 4.32 Å². The molecule has 0 aliphatic heterocycles. The van der Waals surface area contributed by atoms with E-state index in [-0.39, 0.29) is 16.9 Å². The van der Waals surface area contributed by atoms with Crippen LogP contribution in [-0.2, 0) is 14.3 Å². The number of carbonyl (C=O) groups excluding carboxylic acids is 2. The van der Waals surface area contributed by atoms with E-state index >= 15 is 0 Å². The highest BCUT2D eigenvalue weighted by Gasteiger charge is 2.60. The van der Waals surface area contributed by atoms with Gasteiger partial charge in [-0.25, -0.2) is 0 Å². The molecule has 1 heterocycles. The second-order valence-corrected chi connectivity index (χ2v) is 10.4. The summed E-state index contributed by atoms with van der Waals surface area (Å²) < 4.78 is 5.49. The third-order valence-corrected chi connectivity index (χ3v) is 7.55. The number of hydrogen-bond donors (Lipinski definition) is 1. The Balaban J connectivity index is 1.38. The average Bonchev–Trinajstić information content (AvgIpc) is 2.97. The molecule has 5 rings (SSSR count). The lowest BCUT2D eigenvalue weighted by Gasteiger charge is -2.58. The number of alkyl halides is 1. The van der Waals surface area contributed by atoms with Crippen LogP contribution in [0.2, 0.25) is 0 Å². The Morgan fingerprint density at radius 1 is 1.36 bits per heavy atom. The van der Waals surface area contributed by atoms with E-state index < -0.39 is 11.3 Å². The highest BCUT2D eigenvalue weighted by atomic mass is 79.9. The molecule has 1 aromatic rings. The van der Waals surface area contributed by atoms with E-state index in [0.717, 1.165) is 32.1 Å². The molecule has 5 nitrogen and oxygen atoms in total. The Labute approximate surface area is 158 Å². The number of nitrogens with zero attached hydrogens (tertiary/aromatic N) is 1. The Hall–Kier alpha value is -1.39. The topological polar surface area (TPSA) is 79.2 Å². The molecule has 4 fully saturated rings. The molecule has 25 heavy (non-hydrogen) atoms. The zero-order valence-corrected chi connectivity index (χ0v) is 16.1. The first-order valence-corrected chi connectivity index (χ1v) is 10.2. The van der Waals surface area contributed by atoms with Crippen molar-refractivity contribution in [2.75, 3.05) is 11.9 Å². The minimum absolute atomic E-state index is 0.0804. The highest BCUT2D eigenvalue weighted by molar-refractivity contribution is 9.10. The van der Waals surface area contributed by atoms with Crippen LogP contribution in [0, 0.1) is 28.6 Å². The van der Waals surface area contributed by atoms with E-state index in [1.807, 2.05) is 6.07 Å². The first-order valence-electron chi connectivity index (χ1n) is 8.55. The summed E-state index contributed by atoms with van der Waals surface area (Å²) >= 11 is 5.16. The molecule has 0 saturated heterocycles.